The Kier molecular flexibility index (Phi) is 6.60. The molecule has 0 N–H and O–H groups in total. The Hall–Kier alpha value is -3.93. The zero-order valence-electron chi connectivity index (χ0n) is 17.8. The van der Waals surface area contributed by atoms with Crippen LogP contribution in [-0.4, -0.2) is 16.1 Å². The molecule has 4 aromatic rings. The van der Waals surface area contributed by atoms with Crippen LogP contribution in [0.3, 0.4) is 0 Å². The predicted molar refractivity (Wildman–Crippen MR) is 119 cm³/mol. The van der Waals surface area contributed by atoms with Gasteiger partial charge in [0, 0.05) is 30.4 Å². The first-order chi connectivity index (χ1) is 15.7. The molecular formula is C26H24N2O4. The van der Waals surface area contributed by atoms with E-state index in [-0.39, 0.29) is 0 Å². The van der Waals surface area contributed by atoms with Crippen molar-refractivity contribution in [2.45, 2.75) is 31.5 Å². The Morgan fingerprint density at radius 2 is 1.69 bits per heavy atom. The molecule has 0 spiro atoms. The van der Waals surface area contributed by atoms with Crippen molar-refractivity contribution in [3.63, 3.8) is 0 Å². The maximum Gasteiger partial charge on any atom is 0.358 e. The summed E-state index contributed by atoms with van der Waals surface area (Å²) in [5.74, 6) is -0.00616. The minimum atomic E-state index is -1.46. The highest BCUT2D eigenvalue weighted by atomic mass is 16.6. The Morgan fingerprint density at radius 3 is 2.31 bits per heavy atom. The highest BCUT2D eigenvalue weighted by Gasteiger charge is 2.47. The molecule has 0 aliphatic carbocycles. The molecule has 6 heteroatoms. The van der Waals surface area contributed by atoms with Crippen LogP contribution in [0.2, 0.25) is 0 Å². The van der Waals surface area contributed by atoms with E-state index in [2.05, 4.69) is 10.1 Å². The predicted octanol–water partition coefficient (Wildman–Crippen LogP) is 5.48. The molecule has 32 heavy (non-hydrogen) atoms. The number of para-hydroxylation sites is 1. The third-order valence-electron chi connectivity index (χ3n) is 5.13. The van der Waals surface area contributed by atoms with Crippen molar-refractivity contribution in [3.8, 4) is 5.75 Å². The van der Waals surface area contributed by atoms with Crippen LogP contribution in [0.1, 0.15) is 42.7 Å². The van der Waals surface area contributed by atoms with Crippen LogP contribution >= 0.6 is 0 Å². The van der Waals surface area contributed by atoms with Gasteiger partial charge in [-0.3, -0.25) is 4.98 Å². The molecule has 2 aromatic carbocycles. The molecule has 162 valence electrons. The third kappa shape index (κ3) is 4.54. The number of hydrogen-bond acceptors (Lipinski definition) is 6. The first kappa shape index (κ1) is 21.3. The van der Waals surface area contributed by atoms with Crippen LogP contribution in [0.5, 0.6) is 5.75 Å². The Labute approximate surface area is 186 Å². The Balaban J connectivity index is 1.75. The summed E-state index contributed by atoms with van der Waals surface area (Å²) >= 11 is 0. The zero-order chi connectivity index (χ0) is 22.2. The van der Waals surface area contributed by atoms with Gasteiger partial charge in [-0.25, -0.2) is 4.79 Å². The average Bonchev–Trinajstić information content (AvgIpc) is 3.39. The molecule has 4 rings (SSSR count). The summed E-state index contributed by atoms with van der Waals surface area (Å²) in [7, 11) is 0. The maximum atomic E-state index is 13.9. The van der Waals surface area contributed by atoms with E-state index in [1.54, 1.807) is 30.6 Å². The van der Waals surface area contributed by atoms with E-state index in [4.69, 9.17) is 14.0 Å². The lowest BCUT2D eigenvalue weighted by molar-refractivity contribution is -0.169. The Morgan fingerprint density at radius 1 is 0.969 bits per heavy atom. The number of carbonyl (C=O) groups is 1. The summed E-state index contributed by atoms with van der Waals surface area (Å²) in [5.41, 5.74) is 0.501. The molecule has 0 saturated heterocycles. The molecule has 6 nitrogen and oxygen atoms in total. The lowest BCUT2D eigenvalue weighted by Gasteiger charge is -2.32. The van der Waals surface area contributed by atoms with Gasteiger partial charge in [-0.05, 0) is 23.8 Å². The van der Waals surface area contributed by atoms with Gasteiger partial charge in [0.15, 0.2) is 6.10 Å². The second kappa shape index (κ2) is 9.92. The first-order valence-corrected chi connectivity index (χ1v) is 10.5. The molecule has 2 aromatic heterocycles. The fourth-order valence-corrected chi connectivity index (χ4v) is 3.63. The molecule has 0 amide bonds. The summed E-state index contributed by atoms with van der Waals surface area (Å²) in [4.78, 5) is 18.1. The van der Waals surface area contributed by atoms with Crippen molar-refractivity contribution >= 4 is 5.97 Å². The summed E-state index contributed by atoms with van der Waals surface area (Å²) in [6.45, 7) is 1.98. The maximum absolute atomic E-state index is 13.9. The lowest BCUT2D eigenvalue weighted by Crippen LogP contribution is -2.44. The number of esters is 1. The van der Waals surface area contributed by atoms with E-state index in [9.17, 15) is 4.79 Å². The number of carbonyl (C=O) groups excluding carboxylic acids is 1. The van der Waals surface area contributed by atoms with Crippen molar-refractivity contribution in [2.75, 3.05) is 0 Å². The van der Waals surface area contributed by atoms with Crippen LogP contribution in [-0.2, 0) is 15.1 Å². The topological polar surface area (TPSA) is 74.5 Å². The van der Waals surface area contributed by atoms with Gasteiger partial charge in [-0.2, -0.15) is 0 Å². The largest absolute Gasteiger partial charge is 0.469 e. The zero-order valence-corrected chi connectivity index (χ0v) is 17.8. The van der Waals surface area contributed by atoms with E-state index in [1.807, 2.05) is 67.6 Å². The normalized spacial score (nSPS) is 13.7. The quantitative estimate of drug-likeness (QED) is 0.329. The van der Waals surface area contributed by atoms with Crippen LogP contribution < -0.4 is 4.74 Å². The minimum absolute atomic E-state index is 0.363. The lowest BCUT2D eigenvalue weighted by atomic mass is 9.93. The van der Waals surface area contributed by atoms with E-state index in [1.165, 1.54) is 6.26 Å². The summed E-state index contributed by atoms with van der Waals surface area (Å²) in [6.07, 6.45) is 5.18. The van der Waals surface area contributed by atoms with E-state index in [0.717, 1.165) is 11.1 Å². The highest BCUT2D eigenvalue weighted by Crippen LogP contribution is 2.36. The number of benzene rings is 2. The number of nitrogens with zero attached hydrogens (tertiary/aromatic N) is 2. The summed E-state index contributed by atoms with van der Waals surface area (Å²) in [6, 6.07) is 24.1. The summed E-state index contributed by atoms with van der Waals surface area (Å²) in [5, 5.41) is 4.06. The van der Waals surface area contributed by atoms with Gasteiger partial charge in [0.2, 0.25) is 0 Å². The number of hydrogen-bond donors (Lipinski definition) is 0. The second-order valence-corrected chi connectivity index (χ2v) is 7.36. The fourth-order valence-electron chi connectivity index (χ4n) is 3.63. The number of ether oxygens (including phenoxy) is 2. The standard InChI is InChI=1S/C26H24N2O4/c1-2-16-26(23-15-18-30-28-23,32-22-13-7-4-8-14-22)25(29)31-24(20-10-5-3-6-11-20)21-12-9-17-27-19-21/h3-15,17-19,24H,2,16H2,1H3. The SMILES string of the molecule is CCCC(Oc1ccccc1)(C(=O)OC(c1ccccc1)c1cccnc1)c1ccon1. The molecular weight excluding hydrogens is 404 g/mol. The van der Waals surface area contributed by atoms with Gasteiger partial charge in [-0.15, -0.1) is 0 Å². The van der Waals surface area contributed by atoms with Crippen molar-refractivity contribution < 1.29 is 18.8 Å². The molecule has 2 heterocycles. The van der Waals surface area contributed by atoms with Crippen molar-refractivity contribution in [1.82, 2.24) is 10.1 Å². The molecule has 0 saturated carbocycles. The van der Waals surface area contributed by atoms with Crippen LogP contribution in [0.25, 0.3) is 0 Å². The van der Waals surface area contributed by atoms with Gasteiger partial charge in [0.05, 0.1) is 0 Å². The smallest absolute Gasteiger partial charge is 0.358 e. The fraction of sp³-hybridized carbons (Fsp3) is 0.192. The molecule has 0 fully saturated rings. The molecule has 0 bridgehead atoms. The van der Waals surface area contributed by atoms with E-state index >= 15 is 0 Å². The summed E-state index contributed by atoms with van der Waals surface area (Å²) < 4.78 is 17.5. The van der Waals surface area contributed by atoms with Crippen molar-refractivity contribution in [2.24, 2.45) is 0 Å². The molecule has 0 radical (unpaired) electrons. The average molecular weight is 428 g/mol. The molecule has 2 unspecified atom stereocenters. The number of pyridine rings is 1. The Bertz CT molecular complexity index is 1060. The number of aromatic nitrogens is 2. The van der Waals surface area contributed by atoms with Gasteiger partial charge < -0.3 is 14.0 Å². The molecule has 0 aliphatic heterocycles. The van der Waals surface area contributed by atoms with Gasteiger partial charge in [0.1, 0.15) is 17.7 Å². The third-order valence-corrected chi connectivity index (χ3v) is 5.13. The van der Waals surface area contributed by atoms with Crippen LogP contribution in [0.4, 0.5) is 0 Å². The minimum Gasteiger partial charge on any atom is -0.469 e. The van der Waals surface area contributed by atoms with Crippen LogP contribution in [0, 0.1) is 0 Å². The first-order valence-electron chi connectivity index (χ1n) is 10.5. The van der Waals surface area contributed by atoms with E-state index < -0.39 is 17.7 Å². The van der Waals surface area contributed by atoms with Gasteiger partial charge >= 0.3 is 5.97 Å². The number of rotatable bonds is 9. The molecule has 0 aliphatic rings. The van der Waals surface area contributed by atoms with E-state index in [0.29, 0.717) is 24.3 Å². The van der Waals surface area contributed by atoms with Crippen molar-refractivity contribution in [3.05, 3.63) is 114 Å². The second-order valence-electron chi connectivity index (χ2n) is 7.36. The van der Waals surface area contributed by atoms with Crippen LogP contribution in [0.15, 0.2) is 102 Å². The monoisotopic (exact) mass is 428 g/mol. The molecule has 2 atom stereocenters. The van der Waals surface area contributed by atoms with Gasteiger partial charge in [0.25, 0.3) is 5.60 Å². The highest BCUT2D eigenvalue weighted by molar-refractivity contribution is 5.81. The van der Waals surface area contributed by atoms with Crippen molar-refractivity contribution in [1.29, 1.82) is 0 Å². The van der Waals surface area contributed by atoms with Gasteiger partial charge in [-0.1, -0.05) is 73.1 Å².